The maximum absolute atomic E-state index is 10.4. The Hall–Kier alpha value is -0.860. The van der Waals surface area contributed by atoms with Crippen molar-refractivity contribution in [3.8, 4) is 0 Å². The number of quaternary nitrogens is 1. The Morgan fingerprint density at radius 3 is 1.75 bits per heavy atom. The minimum Gasteiger partial charge on any atom is -0.385 e. The fraction of sp³-hybridized carbons (Fsp3) is 0.571. The molecule has 2 heteroatoms. The zero-order chi connectivity index (χ0) is 12.4. The smallest absolute Gasteiger partial charge is 0.132 e. The Labute approximate surface area is 99.1 Å². The molecule has 0 radical (unpaired) electrons. The van der Waals surface area contributed by atoms with Crippen molar-refractivity contribution in [3.63, 3.8) is 0 Å². The molecule has 0 spiro atoms. The fourth-order valence-electron chi connectivity index (χ4n) is 1.88. The number of nitrogens with zero attached hydrogens (tertiary/aromatic N) is 1. The van der Waals surface area contributed by atoms with Crippen LogP contribution in [0.25, 0.3) is 0 Å². The second-order valence-electron chi connectivity index (χ2n) is 5.30. The zero-order valence-electron chi connectivity index (χ0n) is 11.1. The van der Waals surface area contributed by atoms with E-state index in [2.05, 4.69) is 33.3 Å². The molecule has 0 saturated heterocycles. The second-order valence-corrected chi connectivity index (χ2v) is 5.30. The maximum atomic E-state index is 10.4. The lowest BCUT2D eigenvalue weighted by Gasteiger charge is -2.28. The van der Waals surface area contributed by atoms with Crippen LogP contribution in [0, 0.1) is 0 Å². The first-order valence-corrected chi connectivity index (χ1v) is 5.98. The van der Waals surface area contributed by atoms with Gasteiger partial charge in [0.05, 0.1) is 26.7 Å². The van der Waals surface area contributed by atoms with E-state index >= 15 is 0 Å². The highest BCUT2D eigenvalue weighted by Crippen LogP contribution is 2.30. The van der Waals surface area contributed by atoms with Crippen LogP contribution in [0.1, 0.15) is 32.3 Å². The van der Waals surface area contributed by atoms with E-state index in [1.807, 2.05) is 26.0 Å². The fourth-order valence-corrected chi connectivity index (χ4v) is 1.88. The number of hydrogen-bond donors (Lipinski definition) is 1. The van der Waals surface area contributed by atoms with Gasteiger partial charge in [0.25, 0.3) is 0 Å². The monoisotopic (exact) mass is 222 g/mol. The van der Waals surface area contributed by atoms with E-state index in [9.17, 15) is 5.11 Å². The van der Waals surface area contributed by atoms with Gasteiger partial charge >= 0.3 is 0 Å². The van der Waals surface area contributed by atoms with Crippen LogP contribution in [0.5, 0.6) is 0 Å². The van der Waals surface area contributed by atoms with Crippen molar-refractivity contribution in [1.29, 1.82) is 0 Å². The summed E-state index contributed by atoms with van der Waals surface area (Å²) < 4.78 is 0.803. The highest BCUT2D eigenvalue weighted by atomic mass is 16.3. The minimum absolute atomic E-state index is 0.663. The summed E-state index contributed by atoms with van der Waals surface area (Å²) in [6, 6.07) is 8.30. The molecule has 0 heterocycles. The summed E-state index contributed by atoms with van der Waals surface area (Å²) in [5.74, 6) is 0. The molecule has 0 aliphatic heterocycles. The van der Waals surface area contributed by atoms with E-state index in [1.54, 1.807) is 0 Å². The number of benzene rings is 1. The van der Waals surface area contributed by atoms with Crippen LogP contribution in [0.3, 0.4) is 0 Å². The van der Waals surface area contributed by atoms with Crippen molar-refractivity contribution in [2.24, 2.45) is 0 Å². The average molecular weight is 222 g/mol. The molecule has 90 valence electrons. The third-order valence-electron chi connectivity index (χ3n) is 3.35. The molecule has 2 nitrogen and oxygen atoms in total. The molecule has 0 aliphatic carbocycles. The van der Waals surface area contributed by atoms with E-state index in [0.29, 0.717) is 0 Å². The van der Waals surface area contributed by atoms with Gasteiger partial charge in [0, 0.05) is 0 Å². The van der Waals surface area contributed by atoms with E-state index in [-0.39, 0.29) is 0 Å². The summed E-state index contributed by atoms with van der Waals surface area (Å²) in [6.07, 6.45) is 1.51. The first kappa shape index (κ1) is 13.2. The van der Waals surface area contributed by atoms with Crippen molar-refractivity contribution in [2.45, 2.75) is 32.3 Å². The normalized spacial score (nSPS) is 12.9. The molecule has 16 heavy (non-hydrogen) atoms. The summed E-state index contributed by atoms with van der Waals surface area (Å²) >= 11 is 0. The Bertz CT molecular complexity index is 331. The summed E-state index contributed by atoms with van der Waals surface area (Å²) in [5.41, 5.74) is 1.61. The van der Waals surface area contributed by atoms with Gasteiger partial charge in [-0.3, -0.25) is 4.48 Å². The Morgan fingerprint density at radius 2 is 1.44 bits per heavy atom. The van der Waals surface area contributed by atoms with Gasteiger partial charge in [-0.2, -0.15) is 0 Å². The minimum atomic E-state index is -0.663. The van der Waals surface area contributed by atoms with Crippen LogP contribution in [-0.2, 0) is 5.60 Å². The molecule has 0 saturated carbocycles. The Kier molecular flexibility index (Phi) is 3.76. The van der Waals surface area contributed by atoms with Gasteiger partial charge in [-0.15, -0.1) is 0 Å². The summed E-state index contributed by atoms with van der Waals surface area (Å²) in [6.45, 7) is 4.05. The Balaban J connectivity index is 3.04. The third-order valence-corrected chi connectivity index (χ3v) is 3.35. The zero-order valence-corrected chi connectivity index (χ0v) is 11.1. The number of rotatable bonds is 4. The SMILES string of the molecule is CCC(O)(CC)c1ccc([N+](C)(C)C)cc1. The lowest BCUT2D eigenvalue weighted by atomic mass is 9.88. The molecule has 0 amide bonds. The van der Waals surface area contributed by atoms with Crippen LogP contribution in [0.4, 0.5) is 5.69 Å². The molecule has 0 fully saturated rings. The predicted molar refractivity (Wildman–Crippen MR) is 70.5 cm³/mol. The van der Waals surface area contributed by atoms with E-state index in [0.717, 1.165) is 22.9 Å². The summed E-state index contributed by atoms with van der Waals surface area (Å²) in [7, 11) is 6.42. The molecule has 1 aromatic rings. The summed E-state index contributed by atoms with van der Waals surface area (Å²) in [5, 5.41) is 10.4. The molecule has 1 rings (SSSR count). The quantitative estimate of drug-likeness (QED) is 0.777. The van der Waals surface area contributed by atoms with Crippen LogP contribution in [0.2, 0.25) is 0 Å². The first-order valence-electron chi connectivity index (χ1n) is 5.98. The molecular formula is C14H24NO+. The summed E-state index contributed by atoms with van der Waals surface area (Å²) in [4.78, 5) is 0. The average Bonchev–Trinajstić information content (AvgIpc) is 2.27. The standard InChI is InChI=1S/C14H24NO/c1-6-14(16,7-2)12-8-10-13(11-9-12)15(3,4)5/h8-11,16H,6-7H2,1-5H3/q+1. The topological polar surface area (TPSA) is 20.2 Å². The van der Waals surface area contributed by atoms with Gasteiger partial charge in [0.2, 0.25) is 0 Å². The molecule has 0 aromatic heterocycles. The second kappa shape index (κ2) is 4.56. The van der Waals surface area contributed by atoms with Gasteiger partial charge in [0.1, 0.15) is 5.69 Å². The largest absolute Gasteiger partial charge is 0.385 e. The van der Waals surface area contributed by atoms with E-state index in [1.165, 1.54) is 5.69 Å². The lowest BCUT2D eigenvalue weighted by molar-refractivity contribution is 0.0284. The Morgan fingerprint density at radius 1 is 1.00 bits per heavy atom. The van der Waals surface area contributed by atoms with Crippen LogP contribution >= 0.6 is 0 Å². The van der Waals surface area contributed by atoms with Gasteiger partial charge in [-0.25, -0.2) is 0 Å². The molecule has 0 aliphatic rings. The number of hydrogen-bond acceptors (Lipinski definition) is 1. The maximum Gasteiger partial charge on any atom is 0.132 e. The van der Waals surface area contributed by atoms with Crippen LogP contribution in [-0.4, -0.2) is 26.2 Å². The van der Waals surface area contributed by atoms with Crippen molar-refractivity contribution in [2.75, 3.05) is 21.1 Å². The molecular weight excluding hydrogens is 198 g/mol. The molecule has 0 bridgehead atoms. The molecule has 0 unspecified atom stereocenters. The van der Waals surface area contributed by atoms with Gasteiger partial charge in [0.15, 0.2) is 0 Å². The van der Waals surface area contributed by atoms with E-state index < -0.39 is 5.60 Å². The number of aliphatic hydroxyl groups is 1. The van der Waals surface area contributed by atoms with Crippen molar-refractivity contribution < 1.29 is 5.11 Å². The van der Waals surface area contributed by atoms with Crippen LogP contribution in [0.15, 0.2) is 24.3 Å². The highest BCUT2D eigenvalue weighted by Gasteiger charge is 2.25. The van der Waals surface area contributed by atoms with Crippen molar-refractivity contribution >= 4 is 5.69 Å². The van der Waals surface area contributed by atoms with Gasteiger partial charge in [-0.1, -0.05) is 26.0 Å². The van der Waals surface area contributed by atoms with Crippen molar-refractivity contribution in [3.05, 3.63) is 29.8 Å². The van der Waals surface area contributed by atoms with Gasteiger partial charge < -0.3 is 5.11 Å². The third kappa shape index (κ3) is 2.63. The first-order chi connectivity index (χ1) is 7.33. The van der Waals surface area contributed by atoms with E-state index in [4.69, 9.17) is 0 Å². The molecule has 1 aromatic carbocycles. The predicted octanol–water partition coefficient (Wildman–Crippen LogP) is 2.89. The molecule has 1 N–H and O–H groups in total. The highest BCUT2D eigenvalue weighted by molar-refractivity contribution is 5.43. The lowest BCUT2D eigenvalue weighted by Crippen LogP contribution is -2.34. The van der Waals surface area contributed by atoms with Crippen molar-refractivity contribution in [1.82, 2.24) is 4.48 Å². The molecule has 0 atom stereocenters. The van der Waals surface area contributed by atoms with Crippen LogP contribution < -0.4 is 4.48 Å². The van der Waals surface area contributed by atoms with Gasteiger partial charge in [-0.05, 0) is 30.5 Å².